The van der Waals surface area contributed by atoms with E-state index in [1.807, 2.05) is 0 Å². The summed E-state index contributed by atoms with van der Waals surface area (Å²) < 4.78 is 55.4. The average molecular weight is 327 g/mol. The highest BCUT2D eigenvalue weighted by Gasteiger charge is 2.35. The summed E-state index contributed by atoms with van der Waals surface area (Å²) >= 11 is 11.1. The minimum Gasteiger partial charge on any atom is -0.437 e. The van der Waals surface area contributed by atoms with Gasteiger partial charge < -0.3 is 4.74 Å². The molecule has 0 aliphatic rings. The lowest BCUT2D eigenvalue weighted by Crippen LogP contribution is -2.11. The van der Waals surface area contributed by atoms with Crippen molar-refractivity contribution in [2.24, 2.45) is 0 Å². The molecular formula is C11H4Cl2F4N2O. The molecule has 0 aliphatic heterocycles. The van der Waals surface area contributed by atoms with E-state index in [1.54, 1.807) is 0 Å². The Morgan fingerprint density at radius 3 is 2.35 bits per heavy atom. The Hall–Kier alpha value is -1.60. The van der Waals surface area contributed by atoms with E-state index in [-0.39, 0.29) is 10.8 Å². The average Bonchev–Trinajstić information content (AvgIpc) is 2.31. The Bertz CT molecular complexity index is 649. The third-order valence-corrected chi connectivity index (χ3v) is 2.52. The predicted molar refractivity (Wildman–Crippen MR) is 63.5 cm³/mol. The standard InChI is InChI=1S/C11H4Cl2F4N2O/c12-6-3-5(14)1-2-7(6)20-9-4-8(13)18-10(19-9)11(15,16)17/h1-4H. The van der Waals surface area contributed by atoms with Crippen molar-refractivity contribution in [3.63, 3.8) is 0 Å². The van der Waals surface area contributed by atoms with Gasteiger partial charge in [-0.05, 0) is 18.2 Å². The summed E-state index contributed by atoms with van der Waals surface area (Å²) in [5.41, 5.74) is 0. The largest absolute Gasteiger partial charge is 0.451 e. The lowest BCUT2D eigenvalue weighted by atomic mass is 10.3. The summed E-state index contributed by atoms with van der Waals surface area (Å²) in [6, 6.07) is 4.12. The first-order valence-electron chi connectivity index (χ1n) is 5.00. The molecule has 0 saturated heterocycles. The molecule has 0 atom stereocenters. The summed E-state index contributed by atoms with van der Waals surface area (Å²) in [5.74, 6) is -2.57. The molecule has 3 nitrogen and oxygen atoms in total. The predicted octanol–water partition coefficient (Wildman–Crippen LogP) is 4.73. The Kier molecular flexibility index (Phi) is 4.01. The molecule has 0 bridgehead atoms. The zero-order valence-electron chi connectivity index (χ0n) is 9.38. The van der Waals surface area contributed by atoms with Gasteiger partial charge in [0.15, 0.2) is 0 Å². The van der Waals surface area contributed by atoms with Crippen LogP contribution in [-0.2, 0) is 6.18 Å². The van der Waals surface area contributed by atoms with Crippen LogP contribution in [0.3, 0.4) is 0 Å². The molecule has 9 heteroatoms. The Labute approximate surface area is 120 Å². The first-order chi connectivity index (χ1) is 9.25. The smallest absolute Gasteiger partial charge is 0.437 e. The summed E-state index contributed by atoms with van der Waals surface area (Å²) in [7, 11) is 0. The van der Waals surface area contributed by atoms with Crippen LogP contribution in [0.5, 0.6) is 11.6 Å². The summed E-state index contributed by atoms with van der Waals surface area (Å²) in [5, 5.41) is -0.561. The lowest BCUT2D eigenvalue weighted by molar-refractivity contribution is -0.145. The number of hydrogen-bond donors (Lipinski definition) is 0. The second-order valence-corrected chi connectivity index (χ2v) is 4.32. The number of benzene rings is 1. The molecule has 0 saturated carbocycles. The number of ether oxygens (including phenoxy) is 1. The van der Waals surface area contributed by atoms with Crippen LogP contribution in [0, 0.1) is 5.82 Å². The first-order valence-corrected chi connectivity index (χ1v) is 5.76. The van der Waals surface area contributed by atoms with Crippen molar-refractivity contribution >= 4 is 23.2 Å². The maximum atomic E-state index is 12.8. The molecule has 1 aromatic heterocycles. The summed E-state index contributed by atoms with van der Waals surface area (Å²) in [6.45, 7) is 0. The van der Waals surface area contributed by atoms with Gasteiger partial charge in [0.2, 0.25) is 11.7 Å². The van der Waals surface area contributed by atoms with Gasteiger partial charge in [-0.2, -0.15) is 18.2 Å². The number of halogens is 6. The highest BCUT2D eigenvalue weighted by Crippen LogP contribution is 2.32. The van der Waals surface area contributed by atoms with Crippen LogP contribution < -0.4 is 4.74 Å². The number of nitrogens with zero attached hydrogens (tertiary/aromatic N) is 2. The zero-order chi connectivity index (χ0) is 14.9. The van der Waals surface area contributed by atoms with Crippen LogP contribution in [0.25, 0.3) is 0 Å². The van der Waals surface area contributed by atoms with E-state index in [1.165, 1.54) is 0 Å². The van der Waals surface area contributed by atoms with Gasteiger partial charge in [-0.15, -0.1) is 0 Å². The highest BCUT2D eigenvalue weighted by molar-refractivity contribution is 6.32. The SMILES string of the molecule is Fc1ccc(Oc2cc(Cl)nc(C(F)(F)F)n2)c(Cl)c1. The van der Waals surface area contributed by atoms with Crippen molar-refractivity contribution in [3.05, 3.63) is 46.1 Å². The van der Waals surface area contributed by atoms with Gasteiger partial charge in [-0.3, -0.25) is 0 Å². The molecule has 2 rings (SSSR count). The molecule has 0 unspecified atom stereocenters. The van der Waals surface area contributed by atoms with Gasteiger partial charge in [0, 0.05) is 6.07 Å². The number of aromatic nitrogens is 2. The van der Waals surface area contributed by atoms with Crippen LogP contribution in [-0.4, -0.2) is 9.97 Å². The summed E-state index contributed by atoms with van der Waals surface area (Å²) in [4.78, 5) is 6.21. The molecule has 0 amide bonds. The molecule has 0 fully saturated rings. The third kappa shape index (κ3) is 3.49. The van der Waals surface area contributed by atoms with Crippen molar-refractivity contribution in [3.8, 4) is 11.6 Å². The van der Waals surface area contributed by atoms with Crippen LogP contribution in [0.2, 0.25) is 10.2 Å². The van der Waals surface area contributed by atoms with Crippen LogP contribution in [0.15, 0.2) is 24.3 Å². The normalized spacial score (nSPS) is 11.5. The fourth-order valence-corrected chi connectivity index (χ4v) is 1.63. The summed E-state index contributed by atoms with van der Waals surface area (Å²) in [6.07, 6.45) is -4.77. The number of hydrogen-bond acceptors (Lipinski definition) is 3. The second kappa shape index (κ2) is 5.41. The van der Waals surface area contributed by atoms with Crippen molar-refractivity contribution in [2.75, 3.05) is 0 Å². The monoisotopic (exact) mass is 326 g/mol. The minimum atomic E-state index is -4.77. The van der Waals surface area contributed by atoms with Crippen LogP contribution >= 0.6 is 23.2 Å². The highest BCUT2D eigenvalue weighted by atomic mass is 35.5. The number of rotatable bonds is 2. The van der Waals surface area contributed by atoms with E-state index in [9.17, 15) is 17.6 Å². The Morgan fingerprint density at radius 1 is 1.05 bits per heavy atom. The van der Waals surface area contributed by atoms with Gasteiger partial charge in [0.25, 0.3) is 0 Å². The second-order valence-electron chi connectivity index (χ2n) is 3.53. The maximum Gasteiger partial charge on any atom is 0.451 e. The van der Waals surface area contributed by atoms with E-state index in [2.05, 4.69) is 9.97 Å². The van der Waals surface area contributed by atoms with Crippen LogP contribution in [0.1, 0.15) is 5.82 Å². The van der Waals surface area contributed by atoms with E-state index >= 15 is 0 Å². The van der Waals surface area contributed by atoms with Crippen LogP contribution in [0.4, 0.5) is 17.6 Å². The molecule has 20 heavy (non-hydrogen) atoms. The molecule has 1 heterocycles. The Morgan fingerprint density at radius 2 is 1.75 bits per heavy atom. The van der Waals surface area contributed by atoms with Gasteiger partial charge in [0.1, 0.15) is 16.7 Å². The van der Waals surface area contributed by atoms with Gasteiger partial charge in [0.05, 0.1) is 5.02 Å². The van der Waals surface area contributed by atoms with Crippen molar-refractivity contribution in [1.82, 2.24) is 9.97 Å². The molecular weight excluding hydrogens is 323 g/mol. The molecule has 0 N–H and O–H groups in total. The first kappa shape index (κ1) is 14.8. The minimum absolute atomic E-state index is 0.0593. The van der Waals surface area contributed by atoms with Crippen molar-refractivity contribution < 1.29 is 22.3 Å². The topological polar surface area (TPSA) is 35.0 Å². The number of alkyl halides is 3. The molecule has 0 aliphatic carbocycles. The lowest BCUT2D eigenvalue weighted by Gasteiger charge is -2.09. The fourth-order valence-electron chi connectivity index (χ4n) is 1.25. The fraction of sp³-hybridized carbons (Fsp3) is 0.0909. The maximum absolute atomic E-state index is 12.8. The van der Waals surface area contributed by atoms with E-state index < -0.39 is 28.9 Å². The van der Waals surface area contributed by atoms with Gasteiger partial charge in [-0.25, -0.2) is 9.37 Å². The molecule has 106 valence electrons. The molecule has 2 aromatic rings. The Balaban J connectivity index is 2.36. The van der Waals surface area contributed by atoms with E-state index in [0.29, 0.717) is 0 Å². The van der Waals surface area contributed by atoms with E-state index in [0.717, 1.165) is 24.3 Å². The van der Waals surface area contributed by atoms with E-state index in [4.69, 9.17) is 27.9 Å². The van der Waals surface area contributed by atoms with Gasteiger partial charge >= 0.3 is 6.18 Å². The van der Waals surface area contributed by atoms with Crippen molar-refractivity contribution in [2.45, 2.75) is 6.18 Å². The molecule has 0 radical (unpaired) electrons. The van der Waals surface area contributed by atoms with Gasteiger partial charge in [-0.1, -0.05) is 23.2 Å². The quantitative estimate of drug-likeness (QED) is 0.591. The zero-order valence-corrected chi connectivity index (χ0v) is 10.9. The van der Waals surface area contributed by atoms with Crippen molar-refractivity contribution in [1.29, 1.82) is 0 Å². The molecule has 0 spiro atoms. The third-order valence-electron chi connectivity index (χ3n) is 2.03. The molecule has 1 aromatic carbocycles.